The average molecular weight is 302 g/mol. The third kappa shape index (κ3) is 7.04. The lowest BCUT2D eigenvalue weighted by Gasteiger charge is -2.10. The van der Waals surface area contributed by atoms with Gasteiger partial charge in [0.2, 0.25) is 0 Å². The van der Waals surface area contributed by atoms with E-state index in [1.165, 1.54) is 17.8 Å². The number of aryl methyl sites for hydroxylation is 1. The molecule has 0 aromatic carbocycles. The summed E-state index contributed by atoms with van der Waals surface area (Å²) in [5.41, 5.74) is 0.626. The molecular weight excluding hydrogens is 280 g/mol. The molecule has 0 aliphatic rings. The molecule has 0 amide bonds. The first-order chi connectivity index (χ1) is 9.65. The lowest BCUT2D eigenvalue weighted by Crippen LogP contribution is -2.20. The first kappa shape index (κ1) is 17.2. The van der Waals surface area contributed by atoms with Crippen LogP contribution in [0.2, 0.25) is 0 Å². The summed E-state index contributed by atoms with van der Waals surface area (Å²) >= 11 is 1.32. The third-order valence-corrected chi connectivity index (χ3v) is 3.45. The summed E-state index contributed by atoms with van der Waals surface area (Å²) in [5, 5.41) is 10.3. The molecular formula is C13H22N2O4S. The predicted octanol–water partition coefficient (Wildman–Crippen LogP) is 0.838. The number of aliphatic hydroxyl groups excluding tert-OH is 1. The smallest absolute Gasteiger partial charge is 0.251 e. The second kappa shape index (κ2) is 9.93. The maximum Gasteiger partial charge on any atom is 0.251 e. The first-order valence-electron chi connectivity index (χ1n) is 6.63. The van der Waals surface area contributed by atoms with E-state index in [4.69, 9.17) is 9.47 Å². The lowest BCUT2D eigenvalue weighted by molar-refractivity contribution is 0.0218. The Morgan fingerprint density at radius 2 is 2.30 bits per heavy atom. The number of methoxy groups -OCH3 is 1. The zero-order valence-corrected chi connectivity index (χ0v) is 12.7. The highest BCUT2D eigenvalue weighted by atomic mass is 32.2. The molecule has 0 aliphatic heterocycles. The summed E-state index contributed by atoms with van der Waals surface area (Å²) in [6, 6.07) is 1.51. The van der Waals surface area contributed by atoms with E-state index in [9.17, 15) is 9.90 Å². The fourth-order valence-corrected chi connectivity index (χ4v) is 2.32. The van der Waals surface area contributed by atoms with Gasteiger partial charge in [-0.05, 0) is 6.42 Å². The summed E-state index contributed by atoms with van der Waals surface area (Å²) < 4.78 is 10.1. The maximum atomic E-state index is 11.5. The van der Waals surface area contributed by atoms with Crippen LogP contribution in [0.4, 0.5) is 0 Å². The molecule has 0 fully saturated rings. The molecule has 0 bridgehead atoms. The molecule has 114 valence electrons. The number of rotatable bonds is 10. The average Bonchev–Trinajstić information content (AvgIpc) is 2.41. The van der Waals surface area contributed by atoms with Crippen LogP contribution in [0.3, 0.4) is 0 Å². The fourth-order valence-electron chi connectivity index (χ4n) is 1.52. The quantitative estimate of drug-likeness (QED) is 0.378. The minimum absolute atomic E-state index is 0.156. The van der Waals surface area contributed by atoms with E-state index in [-0.39, 0.29) is 12.2 Å². The monoisotopic (exact) mass is 302 g/mol. The predicted molar refractivity (Wildman–Crippen MR) is 78.3 cm³/mol. The van der Waals surface area contributed by atoms with E-state index in [1.54, 1.807) is 7.11 Å². The van der Waals surface area contributed by atoms with Crippen LogP contribution in [0.1, 0.15) is 19.0 Å². The molecule has 1 atom stereocenters. The standard InChI is InChI=1S/C13H22N2O4S/c1-3-4-10-7-12(17)15-13(14-10)20-9-11(16)8-19-6-5-18-2/h7,11,16H,3-6,8-9H2,1-2H3,(H,14,15,17). The second-order valence-electron chi connectivity index (χ2n) is 4.32. The Hall–Kier alpha value is -0.890. The minimum Gasteiger partial charge on any atom is -0.390 e. The highest BCUT2D eigenvalue weighted by molar-refractivity contribution is 7.99. The summed E-state index contributed by atoms with van der Waals surface area (Å²) in [4.78, 5) is 18.5. The fraction of sp³-hybridized carbons (Fsp3) is 0.692. The van der Waals surface area contributed by atoms with Crippen molar-refractivity contribution in [1.29, 1.82) is 0 Å². The van der Waals surface area contributed by atoms with E-state index in [0.717, 1.165) is 18.5 Å². The zero-order chi connectivity index (χ0) is 14.8. The highest BCUT2D eigenvalue weighted by Crippen LogP contribution is 2.13. The minimum atomic E-state index is -0.600. The number of aliphatic hydroxyl groups is 1. The Bertz CT molecular complexity index is 439. The molecule has 1 unspecified atom stereocenters. The van der Waals surface area contributed by atoms with Gasteiger partial charge in [0.15, 0.2) is 5.16 Å². The van der Waals surface area contributed by atoms with Crippen molar-refractivity contribution in [3.05, 3.63) is 22.1 Å². The summed E-state index contributed by atoms with van der Waals surface area (Å²) in [7, 11) is 1.60. The summed E-state index contributed by atoms with van der Waals surface area (Å²) in [6.45, 7) is 3.25. The molecule has 6 nitrogen and oxygen atoms in total. The molecule has 1 heterocycles. The van der Waals surface area contributed by atoms with Crippen molar-refractivity contribution in [1.82, 2.24) is 9.97 Å². The molecule has 0 radical (unpaired) electrons. The SMILES string of the molecule is CCCc1cc(=O)[nH]c(SCC(O)COCCOC)n1. The van der Waals surface area contributed by atoms with Gasteiger partial charge in [0, 0.05) is 24.6 Å². The number of nitrogens with one attached hydrogen (secondary N) is 1. The largest absolute Gasteiger partial charge is 0.390 e. The van der Waals surface area contributed by atoms with Crippen LogP contribution in [0, 0.1) is 0 Å². The lowest BCUT2D eigenvalue weighted by atomic mass is 10.2. The van der Waals surface area contributed by atoms with Crippen LogP contribution in [0.25, 0.3) is 0 Å². The van der Waals surface area contributed by atoms with Crippen LogP contribution in [0.15, 0.2) is 16.0 Å². The normalized spacial score (nSPS) is 12.6. The Morgan fingerprint density at radius 1 is 1.50 bits per heavy atom. The molecule has 20 heavy (non-hydrogen) atoms. The van der Waals surface area contributed by atoms with Crippen molar-refractivity contribution >= 4 is 11.8 Å². The maximum absolute atomic E-state index is 11.5. The van der Waals surface area contributed by atoms with Gasteiger partial charge in [-0.15, -0.1) is 0 Å². The number of hydrogen-bond acceptors (Lipinski definition) is 6. The highest BCUT2D eigenvalue weighted by Gasteiger charge is 2.08. The van der Waals surface area contributed by atoms with E-state index in [1.807, 2.05) is 6.92 Å². The topological polar surface area (TPSA) is 84.4 Å². The van der Waals surface area contributed by atoms with E-state index >= 15 is 0 Å². The molecule has 1 aromatic heterocycles. The van der Waals surface area contributed by atoms with Crippen molar-refractivity contribution in [2.45, 2.75) is 31.0 Å². The number of hydrogen-bond donors (Lipinski definition) is 2. The number of aromatic nitrogens is 2. The zero-order valence-electron chi connectivity index (χ0n) is 11.9. The molecule has 1 rings (SSSR count). The Balaban J connectivity index is 2.38. The molecule has 1 aromatic rings. The van der Waals surface area contributed by atoms with Crippen LogP contribution < -0.4 is 5.56 Å². The van der Waals surface area contributed by atoms with Gasteiger partial charge in [-0.25, -0.2) is 4.98 Å². The van der Waals surface area contributed by atoms with Gasteiger partial charge in [0.05, 0.1) is 25.9 Å². The Labute approximate surface area is 122 Å². The van der Waals surface area contributed by atoms with Gasteiger partial charge < -0.3 is 19.6 Å². The second-order valence-corrected chi connectivity index (χ2v) is 5.33. The summed E-state index contributed by atoms with van der Waals surface area (Å²) in [6.07, 6.45) is 1.12. The van der Waals surface area contributed by atoms with Crippen molar-refractivity contribution in [3.8, 4) is 0 Å². The number of nitrogens with zero attached hydrogens (tertiary/aromatic N) is 1. The molecule has 0 saturated heterocycles. The third-order valence-electron chi connectivity index (χ3n) is 2.43. The van der Waals surface area contributed by atoms with E-state index < -0.39 is 6.10 Å². The molecule has 0 aliphatic carbocycles. The van der Waals surface area contributed by atoms with Crippen molar-refractivity contribution in [2.24, 2.45) is 0 Å². The van der Waals surface area contributed by atoms with Gasteiger partial charge in [-0.3, -0.25) is 4.79 Å². The Morgan fingerprint density at radius 3 is 3.00 bits per heavy atom. The van der Waals surface area contributed by atoms with Crippen LogP contribution >= 0.6 is 11.8 Å². The number of H-pyrrole nitrogens is 1. The van der Waals surface area contributed by atoms with Crippen molar-refractivity contribution in [3.63, 3.8) is 0 Å². The van der Waals surface area contributed by atoms with Gasteiger partial charge >= 0.3 is 0 Å². The van der Waals surface area contributed by atoms with Crippen LogP contribution in [-0.4, -0.2) is 53.9 Å². The number of ether oxygens (including phenoxy) is 2. The molecule has 7 heteroatoms. The molecule has 2 N–H and O–H groups in total. The number of thioether (sulfide) groups is 1. The molecule has 0 spiro atoms. The van der Waals surface area contributed by atoms with Crippen LogP contribution in [-0.2, 0) is 15.9 Å². The van der Waals surface area contributed by atoms with Gasteiger partial charge in [-0.1, -0.05) is 25.1 Å². The summed E-state index contributed by atoms with van der Waals surface area (Å²) in [5.74, 6) is 0.422. The van der Waals surface area contributed by atoms with Crippen molar-refractivity contribution in [2.75, 3.05) is 32.7 Å². The van der Waals surface area contributed by atoms with Crippen molar-refractivity contribution < 1.29 is 14.6 Å². The molecule has 0 saturated carbocycles. The first-order valence-corrected chi connectivity index (χ1v) is 7.62. The van der Waals surface area contributed by atoms with Crippen LogP contribution in [0.5, 0.6) is 0 Å². The number of aromatic amines is 1. The van der Waals surface area contributed by atoms with Gasteiger partial charge in [-0.2, -0.15) is 0 Å². The van der Waals surface area contributed by atoms with Gasteiger partial charge in [0.25, 0.3) is 5.56 Å². The van der Waals surface area contributed by atoms with E-state index in [0.29, 0.717) is 24.1 Å². The van der Waals surface area contributed by atoms with Gasteiger partial charge in [0.1, 0.15) is 0 Å². The Kier molecular flexibility index (Phi) is 8.52. The van der Waals surface area contributed by atoms with E-state index in [2.05, 4.69) is 9.97 Å².